The highest BCUT2D eigenvalue weighted by molar-refractivity contribution is 6.01. The van der Waals surface area contributed by atoms with Crippen LogP contribution in [0, 0.1) is 0 Å². The fourth-order valence-electron chi connectivity index (χ4n) is 2.95. The standard InChI is InChI=1S/C20H24N2O4/c1-14(2)21-19(23)13-26-18-12-16-6-4-3-5-15(16)11-17(18)20(24)22-7-9-25-10-8-22/h3-6,11-12,14H,7-10,13H2,1-2H3,(H,21,23). The van der Waals surface area contributed by atoms with Gasteiger partial charge in [0.25, 0.3) is 11.8 Å². The second-order valence-electron chi connectivity index (χ2n) is 6.61. The van der Waals surface area contributed by atoms with Crippen molar-refractivity contribution in [2.24, 2.45) is 0 Å². The molecule has 3 rings (SSSR count). The molecule has 1 aliphatic rings. The SMILES string of the molecule is CC(C)NC(=O)COc1cc2ccccc2cc1C(=O)N1CCOCC1. The van der Waals surface area contributed by atoms with Crippen LogP contribution in [0.2, 0.25) is 0 Å². The number of hydrogen-bond acceptors (Lipinski definition) is 4. The molecule has 1 N–H and O–H groups in total. The minimum Gasteiger partial charge on any atom is -0.483 e. The van der Waals surface area contributed by atoms with E-state index in [1.807, 2.05) is 50.2 Å². The quantitative estimate of drug-likeness (QED) is 0.892. The van der Waals surface area contributed by atoms with E-state index in [1.165, 1.54) is 0 Å². The molecular formula is C20H24N2O4. The molecule has 1 saturated heterocycles. The first-order valence-corrected chi connectivity index (χ1v) is 8.86. The minimum absolute atomic E-state index is 0.0390. The fourth-order valence-corrected chi connectivity index (χ4v) is 2.95. The molecule has 26 heavy (non-hydrogen) atoms. The number of ether oxygens (including phenoxy) is 2. The fraction of sp³-hybridized carbons (Fsp3) is 0.400. The number of nitrogens with one attached hydrogen (secondary N) is 1. The third kappa shape index (κ3) is 4.32. The summed E-state index contributed by atoms with van der Waals surface area (Å²) < 4.78 is 11.1. The summed E-state index contributed by atoms with van der Waals surface area (Å²) in [5.41, 5.74) is 0.475. The number of carbonyl (C=O) groups excluding carboxylic acids is 2. The monoisotopic (exact) mass is 356 g/mol. The lowest BCUT2D eigenvalue weighted by molar-refractivity contribution is -0.123. The van der Waals surface area contributed by atoms with Crippen molar-refractivity contribution >= 4 is 22.6 Å². The topological polar surface area (TPSA) is 67.9 Å². The number of fused-ring (bicyclic) bond motifs is 1. The number of morpholine rings is 1. The smallest absolute Gasteiger partial charge is 0.258 e. The Hall–Kier alpha value is -2.60. The molecule has 0 aromatic heterocycles. The largest absolute Gasteiger partial charge is 0.483 e. The van der Waals surface area contributed by atoms with E-state index in [9.17, 15) is 9.59 Å². The lowest BCUT2D eigenvalue weighted by atomic mass is 10.0. The molecule has 0 aliphatic carbocycles. The highest BCUT2D eigenvalue weighted by atomic mass is 16.5. The number of rotatable bonds is 5. The van der Waals surface area contributed by atoms with Gasteiger partial charge < -0.3 is 19.7 Å². The minimum atomic E-state index is -0.210. The number of nitrogens with zero attached hydrogens (tertiary/aromatic N) is 1. The Morgan fingerprint density at radius 3 is 2.46 bits per heavy atom. The summed E-state index contributed by atoms with van der Waals surface area (Å²) in [6, 6.07) is 11.5. The van der Waals surface area contributed by atoms with E-state index in [-0.39, 0.29) is 24.5 Å². The van der Waals surface area contributed by atoms with Crippen LogP contribution in [0.25, 0.3) is 10.8 Å². The van der Waals surface area contributed by atoms with Crippen LogP contribution in [0.15, 0.2) is 36.4 Å². The van der Waals surface area contributed by atoms with E-state index in [1.54, 1.807) is 4.90 Å². The Labute approximate surface area is 153 Å². The van der Waals surface area contributed by atoms with E-state index in [0.29, 0.717) is 37.6 Å². The van der Waals surface area contributed by atoms with Crippen molar-refractivity contribution in [2.75, 3.05) is 32.9 Å². The summed E-state index contributed by atoms with van der Waals surface area (Å²) in [5, 5.41) is 4.71. The van der Waals surface area contributed by atoms with Gasteiger partial charge in [-0.2, -0.15) is 0 Å². The van der Waals surface area contributed by atoms with Crippen LogP contribution < -0.4 is 10.1 Å². The molecule has 2 amide bonds. The van der Waals surface area contributed by atoms with Crippen molar-refractivity contribution in [2.45, 2.75) is 19.9 Å². The Balaban J connectivity index is 1.88. The Bertz CT molecular complexity index is 797. The molecular weight excluding hydrogens is 332 g/mol. The molecule has 1 heterocycles. The van der Waals surface area contributed by atoms with Crippen molar-refractivity contribution in [3.63, 3.8) is 0 Å². The molecule has 0 bridgehead atoms. The third-order valence-electron chi connectivity index (χ3n) is 4.19. The second kappa shape index (κ2) is 8.19. The van der Waals surface area contributed by atoms with Gasteiger partial charge >= 0.3 is 0 Å². The van der Waals surface area contributed by atoms with Gasteiger partial charge in [-0.05, 0) is 36.8 Å². The van der Waals surface area contributed by atoms with Crippen molar-refractivity contribution in [3.05, 3.63) is 42.0 Å². The number of benzene rings is 2. The molecule has 0 unspecified atom stereocenters. The summed E-state index contributed by atoms with van der Waals surface area (Å²) in [6.45, 7) is 5.83. The van der Waals surface area contributed by atoms with E-state index >= 15 is 0 Å². The van der Waals surface area contributed by atoms with Gasteiger partial charge in [0.2, 0.25) is 0 Å². The predicted octanol–water partition coefficient (Wildman–Crippen LogP) is 2.22. The van der Waals surface area contributed by atoms with Gasteiger partial charge in [0.05, 0.1) is 18.8 Å². The zero-order valence-corrected chi connectivity index (χ0v) is 15.2. The van der Waals surface area contributed by atoms with Gasteiger partial charge in [-0.15, -0.1) is 0 Å². The Morgan fingerprint density at radius 2 is 1.81 bits per heavy atom. The van der Waals surface area contributed by atoms with E-state index < -0.39 is 0 Å². The van der Waals surface area contributed by atoms with E-state index in [2.05, 4.69) is 5.32 Å². The van der Waals surface area contributed by atoms with Crippen LogP contribution in [-0.4, -0.2) is 55.7 Å². The lowest BCUT2D eigenvalue weighted by Gasteiger charge is -2.27. The van der Waals surface area contributed by atoms with Crippen LogP contribution in [0.3, 0.4) is 0 Å². The molecule has 0 spiro atoms. The molecule has 1 fully saturated rings. The summed E-state index contributed by atoms with van der Waals surface area (Å²) in [4.78, 5) is 26.7. The van der Waals surface area contributed by atoms with Crippen LogP contribution in [0.5, 0.6) is 5.75 Å². The highest BCUT2D eigenvalue weighted by Crippen LogP contribution is 2.27. The zero-order chi connectivity index (χ0) is 18.5. The molecule has 2 aromatic rings. The first-order chi connectivity index (χ1) is 12.5. The number of carbonyl (C=O) groups is 2. The first-order valence-electron chi connectivity index (χ1n) is 8.86. The maximum atomic E-state index is 13.0. The summed E-state index contributed by atoms with van der Waals surface area (Å²) >= 11 is 0. The molecule has 1 aliphatic heterocycles. The first kappa shape index (κ1) is 18.2. The van der Waals surface area contributed by atoms with Crippen molar-refractivity contribution in [1.29, 1.82) is 0 Å². The molecule has 6 heteroatoms. The van der Waals surface area contributed by atoms with Crippen molar-refractivity contribution < 1.29 is 19.1 Å². The molecule has 0 atom stereocenters. The summed E-state index contributed by atoms with van der Waals surface area (Å²) in [7, 11) is 0. The lowest BCUT2D eigenvalue weighted by Crippen LogP contribution is -2.41. The van der Waals surface area contributed by atoms with E-state index in [4.69, 9.17) is 9.47 Å². The average molecular weight is 356 g/mol. The van der Waals surface area contributed by atoms with Gasteiger partial charge in [-0.3, -0.25) is 9.59 Å². The third-order valence-corrected chi connectivity index (χ3v) is 4.19. The van der Waals surface area contributed by atoms with Crippen LogP contribution in [0.1, 0.15) is 24.2 Å². The van der Waals surface area contributed by atoms with Gasteiger partial charge in [-0.25, -0.2) is 0 Å². The second-order valence-corrected chi connectivity index (χ2v) is 6.61. The van der Waals surface area contributed by atoms with Crippen LogP contribution in [-0.2, 0) is 9.53 Å². The van der Waals surface area contributed by atoms with Gasteiger partial charge in [0.1, 0.15) is 5.75 Å². The van der Waals surface area contributed by atoms with Crippen LogP contribution >= 0.6 is 0 Å². The molecule has 2 aromatic carbocycles. The highest BCUT2D eigenvalue weighted by Gasteiger charge is 2.23. The Morgan fingerprint density at radius 1 is 1.15 bits per heavy atom. The maximum absolute atomic E-state index is 13.0. The normalized spacial score (nSPS) is 14.5. The van der Waals surface area contributed by atoms with E-state index in [0.717, 1.165) is 10.8 Å². The molecule has 0 radical (unpaired) electrons. The van der Waals surface area contributed by atoms with Gasteiger partial charge in [0.15, 0.2) is 6.61 Å². The molecule has 138 valence electrons. The summed E-state index contributed by atoms with van der Waals surface area (Å²) in [6.07, 6.45) is 0. The predicted molar refractivity (Wildman–Crippen MR) is 99.4 cm³/mol. The van der Waals surface area contributed by atoms with Gasteiger partial charge in [-0.1, -0.05) is 24.3 Å². The van der Waals surface area contributed by atoms with Crippen LogP contribution in [0.4, 0.5) is 0 Å². The average Bonchev–Trinajstić information content (AvgIpc) is 2.65. The van der Waals surface area contributed by atoms with Crippen molar-refractivity contribution in [1.82, 2.24) is 10.2 Å². The number of hydrogen-bond donors (Lipinski definition) is 1. The molecule has 0 saturated carbocycles. The summed E-state index contributed by atoms with van der Waals surface area (Å²) in [5.74, 6) is 0.121. The number of amides is 2. The Kier molecular flexibility index (Phi) is 5.73. The van der Waals surface area contributed by atoms with Gasteiger partial charge in [0, 0.05) is 19.1 Å². The maximum Gasteiger partial charge on any atom is 0.258 e. The molecule has 6 nitrogen and oxygen atoms in total. The zero-order valence-electron chi connectivity index (χ0n) is 15.2. The van der Waals surface area contributed by atoms with Crippen molar-refractivity contribution in [3.8, 4) is 5.75 Å².